The lowest BCUT2D eigenvalue weighted by Crippen LogP contribution is -2.26. The third-order valence-electron chi connectivity index (χ3n) is 1.91. The number of fused-ring (bicyclic) bond motifs is 1. The fourth-order valence-corrected chi connectivity index (χ4v) is 1.15. The molecule has 0 aromatic heterocycles. The highest BCUT2D eigenvalue weighted by Crippen LogP contribution is 2.40. The summed E-state index contributed by atoms with van der Waals surface area (Å²) >= 11 is 0. The fraction of sp³-hybridized carbons (Fsp3) is 0.667. The van der Waals surface area contributed by atoms with Crippen LogP contribution in [0.25, 0.3) is 0 Å². The summed E-state index contributed by atoms with van der Waals surface area (Å²) in [4.78, 5) is 11.0. The van der Waals surface area contributed by atoms with Gasteiger partial charge in [-0.3, -0.25) is 4.79 Å². The summed E-state index contributed by atoms with van der Waals surface area (Å²) in [6.45, 7) is 0. The lowest BCUT2D eigenvalue weighted by Gasteiger charge is -2.12. The number of rotatable bonds is 0. The van der Waals surface area contributed by atoms with Crippen LogP contribution in [-0.4, -0.2) is 24.2 Å². The molecule has 0 aromatic rings. The highest BCUT2D eigenvalue weighted by molar-refractivity contribution is 5.90. The van der Waals surface area contributed by atoms with Crippen LogP contribution < -0.4 is 0 Å². The van der Waals surface area contributed by atoms with Gasteiger partial charge in [0.05, 0.1) is 0 Å². The zero-order chi connectivity index (χ0) is 6.43. The summed E-state index contributed by atoms with van der Waals surface area (Å²) in [5, 5.41) is 5.32. The van der Waals surface area contributed by atoms with Crippen molar-refractivity contribution in [3.05, 3.63) is 0 Å². The largest absolute Gasteiger partial charge is 0.273 e. The quantitative estimate of drug-likeness (QED) is 0.450. The minimum atomic E-state index is 0.183. The van der Waals surface area contributed by atoms with Crippen molar-refractivity contribution in [1.29, 1.82) is 0 Å². The van der Waals surface area contributed by atoms with Gasteiger partial charge in [0.25, 0.3) is 0 Å². The molecular weight excluding hydrogens is 116 g/mol. The molecule has 1 heterocycles. The van der Waals surface area contributed by atoms with Crippen molar-refractivity contribution in [3.8, 4) is 0 Å². The molecule has 2 unspecified atom stereocenters. The summed E-state index contributed by atoms with van der Waals surface area (Å²) in [6.07, 6.45) is 2.89. The Bertz CT molecular complexity index is 187. The molecule has 3 heteroatoms. The predicted molar refractivity (Wildman–Crippen MR) is 32.9 cm³/mol. The van der Waals surface area contributed by atoms with Crippen molar-refractivity contribution in [3.63, 3.8) is 0 Å². The number of hydrogen-bond acceptors (Lipinski definition) is 2. The van der Waals surface area contributed by atoms with E-state index in [4.69, 9.17) is 0 Å². The van der Waals surface area contributed by atoms with Gasteiger partial charge < -0.3 is 0 Å². The second-order valence-electron chi connectivity index (χ2n) is 2.63. The van der Waals surface area contributed by atoms with Crippen molar-refractivity contribution in [2.45, 2.75) is 6.42 Å². The third-order valence-corrected chi connectivity index (χ3v) is 1.91. The number of nitrogens with zero attached hydrogens (tertiary/aromatic N) is 2. The smallest absolute Gasteiger partial charge is 0.246 e. The van der Waals surface area contributed by atoms with E-state index in [1.54, 1.807) is 7.05 Å². The highest BCUT2D eigenvalue weighted by atomic mass is 16.2. The van der Waals surface area contributed by atoms with Crippen LogP contribution in [-0.2, 0) is 4.79 Å². The molecular formula is C6H8N2O. The molecule has 1 saturated carbocycles. The summed E-state index contributed by atoms with van der Waals surface area (Å²) in [5.41, 5.74) is 0. The molecule has 0 spiro atoms. The van der Waals surface area contributed by atoms with E-state index >= 15 is 0 Å². The van der Waals surface area contributed by atoms with E-state index in [9.17, 15) is 4.79 Å². The Morgan fingerprint density at radius 3 is 3.33 bits per heavy atom. The fourth-order valence-electron chi connectivity index (χ4n) is 1.15. The molecule has 0 radical (unpaired) electrons. The zero-order valence-corrected chi connectivity index (χ0v) is 5.24. The van der Waals surface area contributed by atoms with Gasteiger partial charge in [0.2, 0.25) is 5.91 Å². The van der Waals surface area contributed by atoms with E-state index in [2.05, 4.69) is 5.10 Å². The molecule has 0 bridgehead atoms. The maximum absolute atomic E-state index is 11.0. The molecule has 0 aromatic carbocycles. The third kappa shape index (κ3) is 0.573. The van der Waals surface area contributed by atoms with Gasteiger partial charge in [-0.1, -0.05) is 0 Å². The standard InChI is InChI=1S/C6H8N2O/c1-8-6(9)5-2-4(5)3-7-8/h3-5H,2H2,1H3. The molecule has 0 N–H and O–H groups in total. The average Bonchev–Trinajstić information content (AvgIpc) is 2.58. The summed E-state index contributed by atoms with van der Waals surface area (Å²) in [6, 6.07) is 0. The van der Waals surface area contributed by atoms with Gasteiger partial charge in [-0.05, 0) is 6.42 Å². The van der Waals surface area contributed by atoms with Crippen LogP contribution in [0.15, 0.2) is 5.10 Å². The number of hydrogen-bond donors (Lipinski definition) is 0. The second kappa shape index (κ2) is 1.35. The number of amides is 1. The molecule has 1 aliphatic carbocycles. The Kier molecular flexibility index (Phi) is 0.743. The number of hydrazone groups is 1. The molecule has 9 heavy (non-hydrogen) atoms. The molecule has 2 rings (SSSR count). The Labute approximate surface area is 53.3 Å². The summed E-state index contributed by atoms with van der Waals surface area (Å²) < 4.78 is 0. The van der Waals surface area contributed by atoms with Gasteiger partial charge >= 0.3 is 0 Å². The Balaban J connectivity index is 2.26. The zero-order valence-electron chi connectivity index (χ0n) is 5.24. The van der Waals surface area contributed by atoms with E-state index < -0.39 is 0 Å². The van der Waals surface area contributed by atoms with Gasteiger partial charge in [-0.2, -0.15) is 5.10 Å². The van der Waals surface area contributed by atoms with Crippen LogP contribution in [0.4, 0.5) is 0 Å². The van der Waals surface area contributed by atoms with Crippen molar-refractivity contribution in [2.24, 2.45) is 16.9 Å². The van der Waals surface area contributed by atoms with E-state index in [1.807, 2.05) is 6.21 Å². The first-order valence-electron chi connectivity index (χ1n) is 3.10. The van der Waals surface area contributed by atoms with Gasteiger partial charge in [0, 0.05) is 25.1 Å². The first-order chi connectivity index (χ1) is 4.29. The Hall–Kier alpha value is -0.860. The van der Waals surface area contributed by atoms with E-state index in [1.165, 1.54) is 5.01 Å². The van der Waals surface area contributed by atoms with Gasteiger partial charge in [-0.15, -0.1) is 0 Å². The van der Waals surface area contributed by atoms with Gasteiger partial charge in [0.15, 0.2) is 0 Å². The molecule has 0 saturated heterocycles. The SMILES string of the molecule is CN1N=CC2CC2C1=O. The average molecular weight is 124 g/mol. The minimum absolute atomic E-state index is 0.183. The first-order valence-corrected chi connectivity index (χ1v) is 3.10. The first kappa shape index (κ1) is 4.97. The summed E-state index contributed by atoms with van der Waals surface area (Å²) in [5.74, 6) is 0.948. The molecule has 3 nitrogen and oxygen atoms in total. The van der Waals surface area contributed by atoms with Crippen molar-refractivity contribution < 1.29 is 4.79 Å². The lowest BCUT2D eigenvalue weighted by atomic mass is 10.3. The number of carbonyl (C=O) groups excluding carboxylic acids is 1. The summed E-state index contributed by atoms with van der Waals surface area (Å²) in [7, 11) is 1.70. The van der Waals surface area contributed by atoms with Crippen LogP contribution in [0.2, 0.25) is 0 Å². The molecule has 2 atom stereocenters. The normalized spacial score (nSPS) is 38.8. The van der Waals surface area contributed by atoms with Crippen LogP contribution >= 0.6 is 0 Å². The van der Waals surface area contributed by atoms with E-state index in [-0.39, 0.29) is 11.8 Å². The topological polar surface area (TPSA) is 32.7 Å². The Morgan fingerprint density at radius 1 is 1.89 bits per heavy atom. The predicted octanol–water partition coefficient (Wildman–Crippen LogP) is 0.0803. The maximum Gasteiger partial charge on any atom is 0.246 e. The van der Waals surface area contributed by atoms with Gasteiger partial charge in [0.1, 0.15) is 0 Å². The van der Waals surface area contributed by atoms with E-state index in [0.717, 1.165) is 6.42 Å². The van der Waals surface area contributed by atoms with E-state index in [0.29, 0.717) is 5.92 Å². The van der Waals surface area contributed by atoms with Crippen LogP contribution in [0.5, 0.6) is 0 Å². The van der Waals surface area contributed by atoms with Crippen LogP contribution in [0.3, 0.4) is 0 Å². The van der Waals surface area contributed by atoms with Crippen molar-refractivity contribution >= 4 is 12.1 Å². The molecule has 1 amide bonds. The monoisotopic (exact) mass is 124 g/mol. The highest BCUT2D eigenvalue weighted by Gasteiger charge is 2.45. The molecule has 1 aliphatic heterocycles. The van der Waals surface area contributed by atoms with Crippen LogP contribution in [0, 0.1) is 11.8 Å². The molecule has 1 fully saturated rings. The van der Waals surface area contributed by atoms with Crippen molar-refractivity contribution in [1.82, 2.24) is 5.01 Å². The molecule has 48 valence electrons. The maximum atomic E-state index is 11.0. The minimum Gasteiger partial charge on any atom is -0.273 e. The van der Waals surface area contributed by atoms with Gasteiger partial charge in [-0.25, -0.2) is 5.01 Å². The van der Waals surface area contributed by atoms with Crippen molar-refractivity contribution in [2.75, 3.05) is 7.05 Å². The number of carbonyl (C=O) groups is 1. The second-order valence-corrected chi connectivity index (χ2v) is 2.63. The van der Waals surface area contributed by atoms with Crippen LogP contribution in [0.1, 0.15) is 6.42 Å². The molecule has 2 aliphatic rings. The Morgan fingerprint density at radius 2 is 2.67 bits per heavy atom. The lowest BCUT2D eigenvalue weighted by molar-refractivity contribution is -0.131.